The fraction of sp³-hybridized carbons (Fsp3) is 0.375. The molecule has 30 heavy (non-hydrogen) atoms. The third-order valence-corrected chi connectivity index (χ3v) is 5.66. The Balaban J connectivity index is 1.64. The number of carbonyl (C=O) groups is 1. The molecule has 1 atom stereocenters. The molecule has 1 N–H and O–H groups in total. The molecule has 154 valence electrons. The van der Waals surface area contributed by atoms with Gasteiger partial charge in [-0.15, -0.1) is 0 Å². The predicted octanol–water partition coefficient (Wildman–Crippen LogP) is 3.87. The number of fused-ring (bicyclic) bond motifs is 1. The molecule has 0 radical (unpaired) electrons. The highest BCUT2D eigenvalue weighted by Gasteiger charge is 2.33. The van der Waals surface area contributed by atoms with Gasteiger partial charge in [-0.1, -0.05) is 44.2 Å². The van der Waals surface area contributed by atoms with Crippen LogP contribution in [0.15, 0.2) is 48.5 Å². The lowest BCUT2D eigenvalue weighted by atomic mass is 10.0. The van der Waals surface area contributed by atoms with Crippen molar-refractivity contribution in [1.82, 2.24) is 19.8 Å². The third-order valence-electron chi connectivity index (χ3n) is 5.66. The zero-order valence-corrected chi connectivity index (χ0v) is 17.5. The van der Waals surface area contributed by atoms with Crippen LogP contribution in [0.3, 0.4) is 0 Å². The van der Waals surface area contributed by atoms with E-state index < -0.39 is 0 Å². The average molecular weight is 402 g/mol. The van der Waals surface area contributed by atoms with Crippen molar-refractivity contribution in [1.29, 1.82) is 5.26 Å². The average Bonchev–Trinajstić information content (AvgIpc) is 3.18. The minimum atomic E-state index is -0.0472. The molecule has 0 bridgehead atoms. The van der Waals surface area contributed by atoms with E-state index in [1.165, 1.54) is 0 Å². The van der Waals surface area contributed by atoms with E-state index in [9.17, 15) is 10.1 Å². The molecular weight excluding hydrogens is 374 g/mol. The van der Waals surface area contributed by atoms with Crippen molar-refractivity contribution in [2.24, 2.45) is 5.92 Å². The van der Waals surface area contributed by atoms with E-state index in [0.29, 0.717) is 37.5 Å². The number of hydrogen-bond donors (Lipinski definition) is 1. The molecule has 4 rings (SSSR count). The van der Waals surface area contributed by atoms with Gasteiger partial charge >= 0.3 is 0 Å². The van der Waals surface area contributed by atoms with Crippen molar-refractivity contribution in [3.05, 3.63) is 65.5 Å². The molecule has 1 fully saturated rings. The summed E-state index contributed by atoms with van der Waals surface area (Å²) in [5, 5.41) is 9.48. The number of rotatable bonds is 5. The van der Waals surface area contributed by atoms with Crippen LogP contribution in [0.2, 0.25) is 0 Å². The lowest BCUT2D eigenvalue weighted by Gasteiger charge is -2.41. The molecule has 0 spiro atoms. The molecule has 1 aliphatic heterocycles. The Morgan fingerprint density at radius 2 is 1.97 bits per heavy atom. The van der Waals surface area contributed by atoms with Crippen LogP contribution < -0.4 is 0 Å². The number of benzene rings is 2. The summed E-state index contributed by atoms with van der Waals surface area (Å²) in [4.78, 5) is 25.3. The molecule has 2 aromatic carbocycles. The molecule has 6 nitrogen and oxygen atoms in total. The molecule has 1 aliphatic rings. The number of carbonyl (C=O) groups excluding carboxylic acids is 1. The van der Waals surface area contributed by atoms with Crippen LogP contribution >= 0.6 is 0 Å². The van der Waals surface area contributed by atoms with E-state index in [1.807, 2.05) is 53.4 Å². The molecular formula is C24H27N5O. The van der Waals surface area contributed by atoms with Crippen LogP contribution in [-0.2, 0) is 11.3 Å². The fourth-order valence-corrected chi connectivity index (χ4v) is 4.09. The van der Waals surface area contributed by atoms with E-state index in [0.717, 1.165) is 29.0 Å². The highest BCUT2D eigenvalue weighted by atomic mass is 16.2. The zero-order valence-electron chi connectivity index (χ0n) is 17.5. The molecule has 0 aliphatic carbocycles. The van der Waals surface area contributed by atoms with Gasteiger partial charge in [-0.05, 0) is 29.7 Å². The van der Waals surface area contributed by atoms with Crippen LogP contribution in [0.1, 0.15) is 43.3 Å². The first-order chi connectivity index (χ1) is 14.5. The number of nitrogens with one attached hydrogen (secondary N) is 1. The Bertz CT molecular complexity index is 1050. The second kappa shape index (κ2) is 8.68. The Labute approximate surface area is 177 Å². The van der Waals surface area contributed by atoms with Crippen LogP contribution in [0.5, 0.6) is 0 Å². The fourth-order valence-electron chi connectivity index (χ4n) is 4.09. The summed E-state index contributed by atoms with van der Waals surface area (Å²) in [6, 6.07) is 17.9. The lowest BCUT2D eigenvalue weighted by molar-refractivity contribution is -0.135. The normalized spacial score (nSPS) is 17.4. The van der Waals surface area contributed by atoms with Crippen molar-refractivity contribution >= 4 is 16.9 Å². The van der Waals surface area contributed by atoms with Gasteiger partial charge in [0, 0.05) is 32.6 Å². The first-order valence-electron chi connectivity index (χ1n) is 10.5. The topological polar surface area (TPSA) is 76.0 Å². The smallest absolute Gasteiger partial charge is 0.222 e. The highest BCUT2D eigenvalue weighted by molar-refractivity contribution is 5.77. The number of aromatic amines is 1. The number of imidazole rings is 1. The maximum absolute atomic E-state index is 12.8. The van der Waals surface area contributed by atoms with Gasteiger partial charge in [0.05, 0.1) is 28.7 Å². The van der Waals surface area contributed by atoms with E-state index in [1.54, 1.807) is 0 Å². The van der Waals surface area contributed by atoms with Gasteiger partial charge in [-0.2, -0.15) is 5.26 Å². The molecule has 3 aromatic rings. The maximum Gasteiger partial charge on any atom is 0.222 e. The lowest BCUT2D eigenvalue weighted by Crippen LogP contribution is -2.50. The Morgan fingerprint density at radius 1 is 1.20 bits per heavy atom. The number of para-hydroxylation sites is 2. The Morgan fingerprint density at radius 3 is 2.73 bits per heavy atom. The molecule has 0 saturated carbocycles. The largest absolute Gasteiger partial charge is 0.341 e. The monoisotopic (exact) mass is 401 g/mol. The summed E-state index contributed by atoms with van der Waals surface area (Å²) >= 11 is 0. The van der Waals surface area contributed by atoms with Crippen molar-refractivity contribution in [3.63, 3.8) is 0 Å². The Kier molecular flexibility index (Phi) is 5.82. The molecule has 1 aromatic heterocycles. The SMILES string of the molecule is CC(C)CC(=O)N1CCN(Cc2ccccc2C#N)C(c2nc3ccccc3[nH]2)C1. The molecule has 1 amide bonds. The zero-order chi connectivity index (χ0) is 21.1. The predicted molar refractivity (Wildman–Crippen MR) is 116 cm³/mol. The molecule has 1 unspecified atom stereocenters. The first-order valence-corrected chi connectivity index (χ1v) is 10.5. The number of nitrogens with zero attached hydrogens (tertiary/aromatic N) is 4. The van der Waals surface area contributed by atoms with E-state index in [4.69, 9.17) is 4.98 Å². The van der Waals surface area contributed by atoms with Crippen LogP contribution in [-0.4, -0.2) is 45.3 Å². The standard InChI is InChI=1S/C24H27N5O/c1-17(2)13-23(30)29-12-11-28(15-19-8-4-3-7-18(19)14-25)22(16-29)24-26-20-9-5-6-10-21(20)27-24/h3-10,17,22H,11-13,15-16H2,1-2H3,(H,26,27). The second-order valence-electron chi connectivity index (χ2n) is 8.33. The van der Waals surface area contributed by atoms with Gasteiger partial charge in [0.15, 0.2) is 0 Å². The summed E-state index contributed by atoms with van der Waals surface area (Å²) in [7, 11) is 0. The summed E-state index contributed by atoms with van der Waals surface area (Å²) in [6.07, 6.45) is 0.560. The molecule has 6 heteroatoms. The number of hydrogen-bond acceptors (Lipinski definition) is 4. The summed E-state index contributed by atoms with van der Waals surface area (Å²) in [5.74, 6) is 1.40. The number of nitriles is 1. The quantitative estimate of drug-likeness (QED) is 0.704. The van der Waals surface area contributed by atoms with Gasteiger partial charge in [-0.25, -0.2) is 4.98 Å². The first kappa shape index (κ1) is 20.1. The van der Waals surface area contributed by atoms with Gasteiger partial charge < -0.3 is 9.88 Å². The maximum atomic E-state index is 12.8. The summed E-state index contributed by atoms with van der Waals surface area (Å²) < 4.78 is 0. The van der Waals surface area contributed by atoms with E-state index in [-0.39, 0.29) is 11.9 Å². The van der Waals surface area contributed by atoms with Gasteiger partial charge in [-0.3, -0.25) is 9.69 Å². The van der Waals surface area contributed by atoms with E-state index >= 15 is 0 Å². The summed E-state index contributed by atoms with van der Waals surface area (Å²) in [5.41, 5.74) is 3.62. The minimum absolute atomic E-state index is 0.0472. The number of amides is 1. The van der Waals surface area contributed by atoms with Gasteiger partial charge in [0.25, 0.3) is 0 Å². The van der Waals surface area contributed by atoms with Gasteiger partial charge in [0.2, 0.25) is 5.91 Å². The van der Waals surface area contributed by atoms with Crippen LogP contribution in [0.4, 0.5) is 0 Å². The van der Waals surface area contributed by atoms with Crippen LogP contribution in [0.25, 0.3) is 11.0 Å². The van der Waals surface area contributed by atoms with Crippen molar-refractivity contribution in [2.45, 2.75) is 32.9 Å². The van der Waals surface area contributed by atoms with Gasteiger partial charge in [0.1, 0.15) is 5.82 Å². The Hall–Kier alpha value is -3.17. The minimum Gasteiger partial charge on any atom is -0.341 e. The number of piperazine rings is 1. The van der Waals surface area contributed by atoms with E-state index in [2.05, 4.69) is 29.8 Å². The third kappa shape index (κ3) is 4.22. The van der Waals surface area contributed by atoms with Crippen LogP contribution in [0, 0.1) is 17.2 Å². The van der Waals surface area contributed by atoms with Crippen molar-refractivity contribution in [2.75, 3.05) is 19.6 Å². The van der Waals surface area contributed by atoms with Crippen molar-refractivity contribution < 1.29 is 4.79 Å². The van der Waals surface area contributed by atoms with Crippen molar-refractivity contribution in [3.8, 4) is 6.07 Å². The molecule has 2 heterocycles. The second-order valence-corrected chi connectivity index (χ2v) is 8.33. The molecule has 1 saturated heterocycles. The highest BCUT2D eigenvalue weighted by Crippen LogP contribution is 2.28. The number of H-pyrrole nitrogens is 1. The number of aromatic nitrogens is 2. The summed E-state index contributed by atoms with van der Waals surface area (Å²) in [6.45, 7) is 6.83.